The quantitative estimate of drug-likeness (QED) is 0.409. The summed E-state index contributed by atoms with van der Waals surface area (Å²) in [5, 5.41) is 3.39. The highest BCUT2D eigenvalue weighted by molar-refractivity contribution is 7.99. The van der Waals surface area contributed by atoms with Crippen LogP contribution in [-0.2, 0) is 19.6 Å². The molecule has 182 valence electrons. The SMILES string of the molecule is O=C(COC(=O)c1cccc(S(=O)(=O)N2CCCC2)c1)Nc1ccccc1Sc1ccc(Cl)cc1. The molecule has 1 saturated heterocycles. The highest BCUT2D eigenvalue weighted by atomic mass is 35.5. The summed E-state index contributed by atoms with van der Waals surface area (Å²) in [5.74, 6) is -1.29. The fourth-order valence-electron chi connectivity index (χ4n) is 3.55. The van der Waals surface area contributed by atoms with Gasteiger partial charge in [0, 0.05) is 27.9 Å². The lowest BCUT2D eigenvalue weighted by Crippen LogP contribution is -2.28. The summed E-state index contributed by atoms with van der Waals surface area (Å²) in [4.78, 5) is 26.8. The standard InChI is InChI=1S/C25H23ClN2O5S2/c26-19-10-12-20(13-11-19)34-23-9-2-1-8-22(23)27-24(29)17-33-25(30)18-6-5-7-21(16-18)35(31,32)28-14-3-4-15-28/h1-2,5-13,16H,3-4,14-15,17H2,(H,27,29). The number of carbonyl (C=O) groups excluding carboxylic acids is 2. The number of halogens is 1. The number of nitrogens with zero attached hydrogens (tertiary/aromatic N) is 1. The summed E-state index contributed by atoms with van der Waals surface area (Å²) in [6, 6.07) is 20.3. The zero-order chi connectivity index (χ0) is 24.8. The fraction of sp³-hybridized carbons (Fsp3) is 0.200. The van der Waals surface area contributed by atoms with Crippen molar-refractivity contribution < 1.29 is 22.7 Å². The van der Waals surface area contributed by atoms with Crippen molar-refractivity contribution in [3.63, 3.8) is 0 Å². The van der Waals surface area contributed by atoms with Crippen LogP contribution < -0.4 is 5.32 Å². The van der Waals surface area contributed by atoms with Crippen LogP contribution in [0.3, 0.4) is 0 Å². The van der Waals surface area contributed by atoms with Crippen molar-refractivity contribution >= 4 is 50.9 Å². The van der Waals surface area contributed by atoms with E-state index in [0.29, 0.717) is 23.8 Å². The van der Waals surface area contributed by atoms with Gasteiger partial charge in [-0.05, 0) is 67.4 Å². The van der Waals surface area contributed by atoms with Gasteiger partial charge in [0.2, 0.25) is 10.0 Å². The third-order valence-electron chi connectivity index (χ3n) is 5.31. The molecule has 0 aromatic heterocycles. The summed E-state index contributed by atoms with van der Waals surface area (Å²) in [7, 11) is -3.66. The van der Waals surface area contributed by atoms with Crippen LogP contribution in [0.4, 0.5) is 5.69 Å². The third kappa shape index (κ3) is 6.43. The van der Waals surface area contributed by atoms with Gasteiger partial charge in [-0.3, -0.25) is 4.79 Å². The molecule has 7 nitrogen and oxygen atoms in total. The first-order valence-corrected chi connectivity index (χ1v) is 13.6. The van der Waals surface area contributed by atoms with E-state index >= 15 is 0 Å². The van der Waals surface area contributed by atoms with Crippen molar-refractivity contribution in [2.24, 2.45) is 0 Å². The van der Waals surface area contributed by atoms with Gasteiger partial charge in [0.1, 0.15) is 0 Å². The lowest BCUT2D eigenvalue weighted by atomic mass is 10.2. The molecule has 10 heteroatoms. The second-order valence-corrected chi connectivity index (χ2v) is 11.3. The highest BCUT2D eigenvalue weighted by Crippen LogP contribution is 2.33. The van der Waals surface area contributed by atoms with Gasteiger partial charge in [-0.15, -0.1) is 0 Å². The van der Waals surface area contributed by atoms with E-state index in [4.69, 9.17) is 16.3 Å². The van der Waals surface area contributed by atoms with Gasteiger partial charge in [0.05, 0.1) is 16.1 Å². The first-order valence-electron chi connectivity index (χ1n) is 10.9. The largest absolute Gasteiger partial charge is 0.452 e. The summed E-state index contributed by atoms with van der Waals surface area (Å²) < 4.78 is 32.1. The maximum atomic E-state index is 12.8. The minimum atomic E-state index is -3.66. The number of carbonyl (C=O) groups is 2. The van der Waals surface area contributed by atoms with Crippen LogP contribution in [0.15, 0.2) is 87.5 Å². The van der Waals surface area contributed by atoms with E-state index in [1.165, 1.54) is 40.3 Å². The Morgan fingerprint density at radius 3 is 2.43 bits per heavy atom. The molecular weight excluding hydrogens is 508 g/mol. The number of rotatable bonds is 8. The molecule has 1 aliphatic rings. The lowest BCUT2D eigenvalue weighted by Gasteiger charge is -2.16. The smallest absolute Gasteiger partial charge is 0.338 e. The van der Waals surface area contributed by atoms with Gasteiger partial charge in [-0.1, -0.05) is 41.6 Å². The number of anilines is 1. The number of esters is 1. The molecule has 1 fully saturated rings. The number of ether oxygens (including phenoxy) is 1. The predicted molar refractivity (Wildman–Crippen MR) is 135 cm³/mol. The number of hydrogen-bond acceptors (Lipinski definition) is 6. The first kappa shape index (κ1) is 25.2. The Hall–Kier alpha value is -2.85. The van der Waals surface area contributed by atoms with E-state index in [1.54, 1.807) is 24.3 Å². The van der Waals surface area contributed by atoms with Gasteiger partial charge in [0.15, 0.2) is 6.61 Å². The maximum Gasteiger partial charge on any atom is 0.338 e. The van der Waals surface area contributed by atoms with Crippen LogP contribution >= 0.6 is 23.4 Å². The van der Waals surface area contributed by atoms with Crippen LogP contribution in [0.1, 0.15) is 23.2 Å². The van der Waals surface area contributed by atoms with Crippen molar-refractivity contribution in [3.05, 3.63) is 83.4 Å². The van der Waals surface area contributed by atoms with Crippen LogP contribution in [0.2, 0.25) is 5.02 Å². The number of sulfonamides is 1. The Bertz CT molecular complexity index is 1320. The molecule has 1 aliphatic heterocycles. The van der Waals surface area contributed by atoms with Crippen molar-refractivity contribution in [2.45, 2.75) is 27.5 Å². The molecule has 0 bridgehead atoms. The molecule has 3 aromatic rings. The normalized spacial score (nSPS) is 14.0. The van der Waals surface area contributed by atoms with Gasteiger partial charge in [-0.25, -0.2) is 13.2 Å². The van der Waals surface area contributed by atoms with Crippen molar-refractivity contribution in [1.29, 1.82) is 0 Å². The van der Waals surface area contributed by atoms with Crippen molar-refractivity contribution in [1.82, 2.24) is 4.31 Å². The fourth-order valence-corrected chi connectivity index (χ4v) is 6.14. The Kier molecular flexibility index (Phi) is 8.12. The minimum absolute atomic E-state index is 0.0338. The molecule has 1 heterocycles. The molecule has 4 rings (SSSR count). The summed E-state index contributed by atoms with van der Waals surface area (Å²) in [5.41, 5.74) is 0.643. The molecule has 0 spiro atoms. The maximum absolute atomic E-state index is 12.8. The zero-order valence-electron chi connectivity index (χ0n) is 18.6. The third-order valence-corrected chi connectivity index (χ3v) is 8.54. The summed E-state index contributed by atoms with van der Waals surface area (Å²) in [6.07, 6.45) is 1.63. The Labute approximate surface area is 213 Å². The number of hydrogen-bond donors (Lipinski definition) is 1. The molecular formula is C25H23ClN2O5S2. The summed E-state index contributed by atoms with van der Waals surface area (Å²) in [6.45, 7) is 0.422. The summed E-state index contributed by atoms with van der Waals surface area (Å²) >= 11 is 7.40. The molecule has 1 amide bonds. The Morgan fingerprint density at radius 1 is 0.971 bits per heavy atom. The van der Waals surface area contributed by atoms with E-state index in [1.807, 2.05) is 24.3 Å². The van der Waals surface area contributed by atoms with Gasteiger partial charge in [0.25, 0.3) is 5.91 Å². The molecule has 35 heavy (non-hydrogen) atoms. The van der Waals surface area contributed by atoms with Crippen LogP contribution in [0, 0.1) is 0 Å². The molecule has 0 unspecified atom stereocenters. The number of benzene rings is 3. The molecule has 0 aliphatic carbocycles. The highest BCUT2D eigenvalue weighted by Gasteiger charge is 2.27. The van der Waals surface area contributed by atoms with Crippen LogP contribution in [0.5, 0.6) is 0 Å². The topological polar surface area (TPSA) is 92.8 Å². The van der Waals surface area contributed by atoms with Gasteiger partial charge < -0.3 is 10.1 Å². The number of nitrogens with one attached hydrogen (secondary N) is 1. The Morgan fingerprint density at radius 2 is 1.69 bits per heavy atom. The number of amides is 1. The Balaban J connectivity index is 1.37. The first-order chi connectivity index (χ1) is 16.8. The zero-order valence-corrected chi connectivity index (χ0v) is 21.0. The van der Waals surface area contributed by atoms with E-state index in [2.05, 4.69) is 5.32 Å². The second-order valence-electron chi connectivity index (χ2n) is 7.82. The van der Waals surface area contributed by atoms with E-state index in [0.717, 1.165) is 22.6 Å². The molecule has 0 atom stereocenters. The molecule has 1 N–H and O–H groups in total. The van der Waals surface area contributed by atoms with E-state index in [9.17, 15) is 18.0 Å². The second kappa shape index (κ2) is 11.3. The lowest BCUT2D eigenvalue weighted by molar-refractivity contribution is -0.119. The predicted octanol–water partition coefficient (Wildman–Crippen LogP) is 5.07. The van der Waals surface area contributed by atoms with Crippen LogP contribution in [0.25, 0.3) is 0 Å². The average Bonchev–Trinajstić information content (AvgIpc) is 3.41. The van der Waals surface area contributed by atoms with Crippen LogP contribution in [-0.4, -0.2) is 44.3 Å². The molecule has 0 radical (unpaired) electrons. The monoisotopic (exact) mass is 530 g/mol. The minimum Gasteiger partial charge on any atom is -0.452 e. The van der Waals surface area contributed by atoms with E-state index < -0.39 is 28.5 Å². The number of para-hydroxylation sites is 1. The van der Waals surface area contributed by atoms with Crippen molar-refractivity contribution in [3.8, 4) is 0 Å². The molecule has 3 aromatic carbocycles. The van der Waals surface area contributed by atoms with E-state index in [-0.39, 0.29) is 10.5 Å². The van der Waals surface area contributed by atoms with Gasteiger partial charge >= 0.3 is 5.97 Å². The average molecular weight is 531 g/mol. The van der Waals surface area contributed by atoms with Gasteiger partial charge in [-0.2, -0.15) is 4.31 Å². The van der Waals surface area contributed by atoms with Crippen molar-refractivity contribution in [2.75, 3.05) is 25.0 Å². The molecule has 0 saturated carbocycles.